The Balaban J connectivity index is 2.42. The van der Waals surface area contributed by atoms with Crippen molar-refractivity contribution in [1.82, 2.24) is 20.3 Å². The summed E-state index contributed by atoms with van der Waals surface area (Å²) in [6.07, 6.45) is 2.55. The minimum atomic E-state index is -0.241. The highest BCUT2D eigenvalue weighted by Gasteiger charge is 2.11. The van der Waals surface area contributed by atoms with Crippen LogP contribution in [0.5, 0.6) is 0 Å². The summed E-state index contributed by atoms with van der Waals surface area (Å²) >= 11 is 0. The van der Waals surface area contributed by atoms with Crippen molar-refractivity contribution < 1.29 is 4.39 Å². The average Bonchev–Trinajstić information content (AvgIpc) is 2.81. The second kappa shape index (κ2) is 5.73. The molecule has 1 N–H and O–H groups in total. The Kier molecular flexibility index (Phi) is 4.04. The van der Waals surface area contributed by atoms with E-state index in [1.165, 1.54) is 6.07 Å². The van der Waals surface area contributed by atoms with Gasteiger partial charge in [0, 0.05) is 18.7 Å². The zero-order valence-electron chi connectivity index (χ0n) is 10.7. The molecule has 5 heteroatoms. The van der Waals surface area contributed by atoms with Crippen molar-refractivity contribution in [3.63, 3.8) is 0 Å². The van der Waals surface area contributed by atoms with E-state index in [0.717, 1.165) is 24.2 Å². The standard InChI is InChI=1S/C13H17FN4/c1-3-6-18-13(9-16-17-18)11-7-10(8-15-2)4-5-12(11)14/h4-5,7,9,15H,3,6,8H2,1-2H3. The van der Waals surface area contributed by atoms with Crippen LogP contribution < -0.4 is 5.32 Å². The molecule has 0 aliphatic carbocycles. The first-order valence-electron chi connectivity index (χ1n) is 6.08. The molecule has 96 valence electrons. The molecule has 0 spiro atoms. The van der Waals surface area contributed by atoms with Crippen LogP contribution in [0.2, 0.25) is 0 Å². The molecule has 2 rings (SSSR count). The summed E-state index contributed by atoms with van der Waals surface area (Å²) in [4.78, 5) is 0. The van der Waals surface area contributed by atoms with Gasteiger partial charge < -0.3 is 5.32 Å². The molecule has 0 radical (unpaired) electrons. The third-order valence-electron chi connectivity index (χ3n) is 2.74. The highest BCUT2D eigenvalue weighted by Crippen LogP contribution is 2.23. The second-order valence-corrected chi connectivity index (χ2v) is 4.19. The van der Waals surface area contributed by atoms with Crippen molar-refractivity contribution in [1.29, 1.82) is 0 Å². The van der Waals surface area contributed by atoms with Crippen LogP contribution in [-0.2, 0) is 13.1 Å². The van der Waals surface area contributed by atoms with Crippen LogP contribution in [0.3, 0.4) is 0 Å². The molecule has 18 heavy (non-hydrogen) atoms. The van der Waals surface area contributed by atoms with Crippen molar-refractivity contribution in [2.45, 2.75) is 26.4 Å². The number of halogens is 1. The first-order chi connectivity index (χ1) is 8.76. The number of nitrogens with zero attached hydrogens (tertiary/aromatic N) is 3. The first kappa shape index (κ1) is 12.7. The summed E-state index contributed by atoms with van der Waals surface area (Å²) in [5.74, 6) is -0.241. The summed E-state index contributed by atoms with van der Waals surface area (Å²) in [6, 6.07) is 5.12. The van der Waals surface area contributed by atoms with Gasteiger partial charge in [0.15, 0.2) is 0 Å². The molecule has 4 nitrogen and oxygen atoms in total. The van der Waals surface area contributed by atoms with Crippen LogP contribution in [0.4, 0.5) is 4.39 Å². The molecule has 0 aliphatic heterocycles. The largest absolute Gasteiger partial charge is 0.316 e. The maximum Gasteiger partial charge on any atom is 0.132 e. The summed E-state index contributed by atoms with van der Waals surface area (Å²) in [5, 5.41) is 10.9. The van der Waals surface area contributed by atoms with Gasteiger partial charge in [0.1, 0.15) is 5.82 Å². The number of benzene rings is 1. The van der Waals surface area contributed by atoms with E-state index in [4.69, 9.17) is 0 Å². The number of rotatable bonds is 5. The normalized spacial score (nSPS) is 10.8. The van der Waals surface area contributed by atoms with Gasteiger partial charge in [0.2, 0.25) is 0 Å². The van der Waals surface area contributed by atoms with Gasteiger partial charge in [-0.2, -0.15) is 0 Å². The summed E-state index contributed by atoms with van der Waals surface area (Å²) in [7, 11) is 1.87. The Morgan fingerprint density at radius 3 is 2.94 bits per heavy atom. The van der Waals surface area contributed by atoms with E-state index in [1.54, 1.807) is 16.9 Å². The second-order valence-electron chi connectivity index (χ2n) is 4.19. The Morgan fingerprint density at radius 2 is 2.22 bits per heavy atom. The quantitative estimate of drug-likeness (QED) is 0.882. The molecule has 0 unspecified atom stereocenters. The van der Waals surface area contributed by atoms with Gasteiger partial charge in [-0.1, -0.05) is 18.2 Å². The average molecular weight is 248 g/mol. The smallest absolute Gasteiger partial charge is 0.132 e. The Morgan fingerprint density at radius 1 is 1.39 bits per heavy atom. The maximum atomic E-state index is 13.9. The van der Waals surface area contributed by atoms with Gasteiger partial charge >= 0.3 is 0 Å². The molecule has 0 saturated heterocycles. The lowest BCUT2D eigenvalue weighted by atomic mass is 10.1. The van der Waals surface area contributed by atoms with Crippen LogP contribution >= 0.6 is 0 Å². The van der Waals surface area contributed by atoms with Crippen LogP contribution in [0.1, 0.15) is 18.9 Å². The summed E-state index contributed by atoms with van der Waals surface area (Å²) < 4.78 is 15.6. The SMILES string of the molecule is CCCn1nncc1-c1cc(CNC)ccc1F. The zero-order chi connectivity index (χ0) is 13.0. The molecule has 0 saturated carbocycles. The molecular formula is C13H17FN4. The molecule has 1 aromatic heterocycles. The van der Waals surface area contributed by atoms with Crippen LogP contribution in [0, 0.1) is 5.82 Å². The van der Waals surface area contributed by atoms with Crippen LogP contribution in [0.25, 0.3) is 11.3 Å². The highest BCUT2D eigenvalue weighted by atomic mass is 19.1. The van der Waals surface area contributed by atoms with E-state index in [2.05, 4.69) is 22.6 Å². The van der Waals surface area contributed by atoms with Gasteiger partial charge in [-0.15, -0.1) is 5.10 Å². The number of hydrogen-bond acceptors (Lipinski definition) is 3. The molecule has 0 aliphatic rings. The molecule has 1 heterocycles. The molecular weight excluding hydrogens is 231 g/mol. The summed E-state index contributed by atoms with van der Waals surface area (Å²) in [6.45, 7) is 3.51. The van der Waals surface area contributed by atoms with Crippen molar-refractivity contribution in [2.75, 3.05) is 7.05 Å². The third kappa shape index (κ3) is 2.56. The van der Waals surface area contributed by atoms with E-state index in [-0.39, 0.29) is 5.82 Å². The number of aromatic nitrogens is 3. The minimum absolute atomic E-state index is 0.241. The molecule has 0 atom stereocenters. The van der Waals surface area contributed by atoms with Gasteiger partial charge in [-0.3, -0.25) is 0 Å². The van der Waals surface area contributed by atoms with E-state index in [1.807, 2.05) is 13.1 Å². The van der Waals surface area contributed by atoms with E-state index < -0.39 is 0 Å². The molecule has 0 amide bonds. The molecule has 1 aromatic carbocycles. The fraction of sp³-hybridized carbons (Fsp3) is 0.385. The Hall–Kier alpha value is -1.75. The van der Waals surface area contributed by atoms with Crippen molar-refractivity contribution >= 4 is 0 Å². The van der Waals surface area contributed by atoms with Crippen LogP contribution in [-0.4, -0.2) is 22.0 Å². The Labute approximate surface area is 106 Å². The number of nitrogens with one attached hydrogen (secondary N) is 1. The van der Waals surface area contributed by atoms with Crippen LogP contribution in [0.15, 0.2) is 24.4 Å². The molecule has 2 aromatic rings. The number of hydrogen-bond donors (Lipinski definition) is 1. The first-order valence-corrected chi connectivity index (χ1v) is 6.08. The third-order valence-corrected chi connectivity index (χ3v) is 2.74. The van der Waals surface area contributed by atoms with E-state index in [9.17, 15) is 4.39 Å². The lowest BCUT2D eigenvalue weighted by Gasteiger charge is -2.08. The van der Waals surface area contributed by atoms with Crippen molar-refractivity contribution in [3.05, 3.63) is 35.8 Å². The maximum absolute atomic E-state index is 13.9. The monoisotopic (exact) mass is 248 g/mol. The topological polar surface area (TPSA) is 42.7 Å². The molecule has 0 bridgehead atoms. The van der Waals surface area contributed by atoms with Crippen molar-refractivity contribution in [3.8, 4) is 11.3 Å². The fourth-order valence-corrected chi connectivity index (χ4v) is 1.93. The fourth-order valence-electron chi connectivity index (χ4n) is 1.93. The van der Waals surface area contributed by atoms with E-state index >= 15 is 0 Å². The van der Waals surface area contributed by atoms with Gasteiger partial charge in [-0.05, 0) is 31.2 Å². The molecule has 0 fully saturated rings. The Bertz CT molecular complexity index is 521. The predicted molar refractivity (Wildman–Crippen MR) is 68.5 cm³/mol. The van der Waals surface area contributed by atoms with Crippen molar-refractivity contribution in [2.24, 2.45) is 0 Å². The minimum Gasteiger partial charge on any atom is -0.316 e. The highest BCUT2D eigenvalue weighted by molar-refractivity contribution is 5.60. The van der Waals surface area contributed by atoms with E-state index in [0.29, 0.717) is 12.1 Å². The zero-order valence-corrected chi connectivity index (χ0v) is 10.7. The number of aryl methyl sites for hydroxylation is 1. The van der Waals surface area contributed by atoms with Gasteiger partial charge in [0.05, 0.1) is 11.9 Å². The lowest BCUT2D eigenvalue weighted by Crippen LogP contribution is -2.06. The van der Waals surface area contributed by atoms with Gasteiger partial charge in [0.25, 0.3) is 0 Å². The summed E-state index contributed by atoms with van der Waals surface area (Å²) in [5.41, 5.74) is 2.33. The lowest BCUT2D eigenvalue weighted by molar-refractivity contribution is 0.578. The van der Waals surface area contributed by atoms with Gasteiger partial charge in [-0.25, -0.2) is 9.07 Å². The predicted octanol–water partition coefficient (Wildman–Crippen LogP) is 2.21.